The zero-order valence-electron chi connectivity index (χ0n) is 7.37. The van der Waals surface area contributed by atoms with Gasteiger partial charge in [0, 0.05) is 0 Å². The molecule has 14 heavy (non-hydrogen) atoms. The van der Waals surface area contributed by atoms with E-state index in [1.807, 2.05) is 0 Å². The van der Waals surface area contributed by atoms with Gasteiger partial charge >= 0.3 is 0 Å². The maximum atomic E-state index is 11.1. The first-order chi connectivity index (χ1) is 6.34. The Kier molecular flexibility index (Phi) is 3.42. The first kappa shape index (κ1) is 11.8. The Hall–Kier alpha value is -0.290. The van der Waals surface area contributed by atoms with Crippen molar-refractivity contribution < 1.29 is 8.42 Å². The number of benzene rings is 1. The lowest BCUT2D eigenvalue weighted by Crippen LogP contribution is -2.19. The zero-order valence-corrected chi connectivity index (χ0v) is 9.70. The molecule has 0 amide bonds. The van der Waals surface area contributed by atoms with Gasteiger partial charge in [-0.25, -0.2) is 13.6 Å². The molecule has 0 aliphatic carbocycles. The number of rotatable bonds is 2. The number of hydrogen-bond acceptors (Lipinski definition) is 2. The summed E-state index contributed by atoms with van der Waals surface area (Å²) in [6.45, 7) is 1.47. The summed E-state index contributed by atoms with van der Waals surface area (Å²) in [5, 5.41) is 4.70. The van der Waals surface area contributed by atoms with Crippen LogP contribution in [0.25, 0.3) is 0 Å². The van der Waals surface area contributed by atoms with Gasteiger partial charge in [0.25, 0.3) is 0 Å². The van der Waals surface area contributed by atoms with Crippen LogP contribution in [0.1, 0.15) is 17.7 Å². The Morgan fingerprint density at radius 3 is 2.43 bits per heavy atom. The van der Waals surface area contributed by atoms with E-state index in [-0.39, 0.29) is 5.02 Å². The van der Waals surface area contributed by atoms with Gasteiger partial charge in [0.1, 0.15) is 0 Å². The smallest absolute Gasteiger partial charge is 0.215 e. The van der Waals surface area contributed by atoms with Crippen LogP contribution in [-0.2, 0) is 10.0 Å². The third kappa shape index (κ3) is 2.39. The van der Waals surface area contributed by atoms with E-state index in [2.05, 4.69) is 0 Å². The summed E-state index contributed by atoms with van der Waals surface area (Å²) in [6.07, 6.45) is 0. The van der Waals surface area contributed by atoms with E-state index in [1.165, 1.54) is 6.92 Å². The molecule has 0 fully saturated rings. The molecule has 0 aliphatic rings. The minimum atomic E-state index is -3.64. The van der Waals surface area contributed by atoms with Gasteiger partial charge < -0.3 is 0 Å². The molecule has 0 saturated heterocycles. The normalized spacial score (nSPS) is 14.0. The van der Waals surface area contributed by atoms with Crippen LogP contribution in [0.4, 0.5) is 0 Å². The van der Waals surface area contributed by atoms with E-state index in [0.717, 1.165) is 0 Å². The average molecular weight is 254 g/mol. The van der Waals surface area contributed by atoms with Gasteiger partial charge in [-0.1, -0.05) is 35.3 Å². The molecule has 6 heteroatoms. The Balaban J connectivity index is 3.28. The molecule has 0 aromatic heterocycles. The predicted octanol–water partition coefficient (Wildman–Crippen LogP) is 2.34. The summed E-state index contributed by atoms with van der Waals surface area (Å²) in [5.74, 6) is 0. The van der Waals surface area contributed by atoms with Crippen LogP contribution in [0.15, 0.2) is 18.2 Å². The summed E-state index contributed by atoms with van der Waals surface area (Å²) < 4.78 is 22.1. The van der Waals surface area contributed by atoms with Crippen LogP contribution >= 0.6 is 23.2 Å². The number of halogens is 2. The fourth-order valence-corrected chi connectivity index (χ4v) is 2.10. The maximum absolute atomic E-state index is 11.1. The van der Waals surface area contributed by atoms with Gasteiger partial charge in [0.2, 0.25) is 10.0 Å². The Morgan fingerprint density at radius 1 is 1.36 bits per heavy atom. The molecule has 1 unspecified atom stereocenters. The summed E-state index contributed by atoms with van der Waals surface area (Å²) in [7, 11) is -3.64. The van der Waals surface area contributed by atoms with Gasteiger partial charge in [-0.05, 0) is 18.6 Å². The second-order valence-corrected chi connectivity index (χ2v) is 5.54. The summed E-state index contributed by atoms with van der Waals surface area (Å²) >= 11 is 11.6. The number of sulfonamides is 1. The van der Waals surface area contributed by atoms with Crippen molar-refractivity contribution in [3.05, 3.63) is 33.8 Å². The van der Waals surface area contributed by atoms with Gasteiger partial charge in [0.05, 0.1) is 15.3 Å². The van der Waals surface area contributed by atoms with Crippen LogP contribution in [-0.4, -0.2) is 8.42 Å². The molecule has 0 spiro atoms. The van der Waals surface area contributed by atoms with Crippen molar-refractivity contribution >= 4 is 33.2 Å². The first-order valence-electron chi connectivity index (χ1n) is 3.79. The zero-order chi connectivity index (χ0) is 10.9. The number of hydrogen-bond donors (Lipinski definition) is 1. The number of primary sulfonamides is 1. The molecule has 0 radical (unpaired) electrons. The second kappa shape index (κ2) is 4.06. The van der Waals surface area contributed by atoms with Crippen LogP contribution < -0.4 is 5.14 Å². The van der Waals surface area contributed by atoms with E-state index in [9.17, 15) is 8.42 Å². The van der Waals surface area contributed by atoms with Crippen molar-refractivity contribution in [3.63, 3.8) is 0 Å². The minimum Gasteiger partial charge on any atom is -0.228 e. The summed E-state index contributed by atoms with van der Waals surface area (Å²) in [6, 6.07) is 4.80. The molecular weight excluding hydrogens is 245 g/mol. The van der Waals surface area contributed by atoms with Crippen LogP contribution in [0.5, 0.6) is 0 Å². The van der Waals surface area contributed by atoms with Crippen molar-refractivity contribution in [1.82, 2.24) is 0 Å². The largest absolute Gasteiger partial charge is 0.228 e. The SMILES string of the molecule is CC(c1cccc(Cl)c1Cl)S(N)(=O)=O. The van der Waals surface area contributed by atoms with Crippen molar-refractivity contribution in [2.24, 2.45) is 5.14 Å². The topological polar surface area (TPSA) is 60.2 Å². The Labute approximate surface area is 92.9 Å². The molecule has 0 bridgehead atoms. The molecule has 0 heterocycles. The third-order valence-corrected chi connectivity index (χ3v) is 3.99. The van der Waals surface area contributed by atoms with E-state index in [1.54, 1.807) is 18.2 Å². The third-order valence-electron chi connectivity index (χ3n) is 1.91. The lowest BCUT2D eigenvalue weighted by molar-refractivity contribution is 0.588. The van der Waals surface area contributed by atoms with E-state index in [4.69, 9.17) is 28.3 Å². The Morgan fingerprint density at radius 2 is 1.93 bits per heavy atom. The van der Waals surface area contributed by atoms with Gasteiger partial charge in [0.15, 0.2) is 0 Å². The van der Waals surface area contributed by atoms with Crippen molar-refractivity contribution in [2.75, 3.05) is 0 Å². The van der Waals surface area contributed by atoms with Gasteiger partial charge in [-0.2, -0.15) is 0 Å². The molecule has 1 aromatic rings. The van der Waals surface area contributed by atoms with Crippen LogP contribution in [0.2, 0.25) is 10.0 Å². The van der Waals surface area contributed by atoms with Crippen molar-refractivity contribution in [1.29, 1.82) is 0 Å². The highest BCUT2D eigenvalue weighted by Crippen LogP contribution is 2.32. The number of nitrogens with two attached hydrogens (primary N) is 1. The fraction of sp³-hybridized carbons (Fsp3) is 0.250. The maximum Gasteiger partial charge on any atom is 0.215 e. The fourth-order valence-electron chi connectivity index (χ4n) is 1.01. The average Bonchev–Trinajstić information content (AvgIpc) is 2.07. The highest BCUT2D eigenvalue weighted by molar-refractivity contribution is 7.89. The molecule has 1 rings (SSSR count). The van der Waals surface area contributed by atoms with E-state index in [0.29, 0.717) is 10.6 Å². The molecule has 78 valence electrons. The highest BCUT2D eigenvalue weighted by Gasteiger charge is 2.21. The second-order valence-electron chi connectivity index (χ2n) is 2.87. The monoisotopic (exact) mass is 253 g/mol. The highest BCUT2D eigenvalue weighted by atomic mass is 35.5. The molecule has 3 nitrogen and oxygen atoms in total. The molecule has 0 aliphatic heterocycles. The lowest BCUT2D eigenvalue weighted by Gasteiger charge is -2.11. The predicted molar refractivity (Wildman–Crippen MR) is 58.0 cm³/mol. The van der Waals surface area contributed by atoms with Crippen molar-refractivity contribution in [2.45, 2.75) is 12.2 Å². The quantitative estimate of drug-likeness (QED) is 0.880. The van der Waals surface area contributed by atoms with Crippen molar-refractivity contribution in [3.8, 4) is 0 Å². The molecule has 1 atom stereocenters. The molecule has 1 aromatic carbocycles. The molecular formula is C8H9Cl2NO2S. The lowest BCUT2D eigenvalue weighted by atomic mass is 10.2. The summed E-state index contributed by atoms with van der Waals surface area (Å²) in [4.78, 5) is 0. The van der Waals surface area contributed by atoms with Crippen LogP contribution in [0, 0.1) is 0 Å². The van der Waals surface area contributed by atoms with Gasteiger partial charge in [-0.3, -0.25) is 0 Å². The standard InChI is InChI=1S/C8H9Cl2NO2S/c1-5(14(11,12)13)6-3-2-4-7(9)8(6)10/h2-5H,1H3,(H2,11,12,13). The molecule has 0 saturated carbocycles. The van der Waals surface area contributed by atoms with Crippen LogP contribution in [0.3, 0.4) is 0 Å². The minimum absolute atomic E-state index is 0.232. The molecule has 2 N–H and O–H groups in total. The van der Waals surface area contributed by atoms with E-state index >= 15 is 0 Å². The summed E-state index contributed by atoms with van der Waals surface area (Å²) in [5.41, 5.74) is 0.418. The Bertz CT molecular complexity index is 445. The van der Waals surface area contributed by atoms with E-state index < -0.39 is 15.3 Å². The first-order valence-corrected chi connectivity index (χ1v) is 6.16. The van der Waals surface area contributed by atoms with Gasteiger partial charge in [-0.15, -0.1) is 0 Å².